The molecular weight excluding hydrogens is 227 g/mol. The largest absolute Gasteiger partial charge is 0.303 e. The maximum Gasteiger partial charge on any atom is 0.149 e. The molecule has 0 aliphatic heterocycles. The quantitative estimate of drug-likeness (QED) is 0.821. The van der Waals surface area contributed by atoms with E-state index in [1.165, 1.54) is 6.07 Å². The van der Waals surface area contributed by atoms with Crippen molar-refractivity contribution >= 4 is 0 Å². The lowest BCUT2D eigenvalue weighted by Gasteiger charge is -2.20. The van der Waals surface area contributed by atoms with Gasteiger partial charge < -0.3 is 4.90 Å². The molecule has 1 aromatic heterocycles. The van der Waals surface area contributed by atoms with Gasteiger partial charge in [0.2, 0.25) is 0 Å². The van der Waals surface area contributed by atoms with E-state index in [1.807, 2.05) is 32.3 Å². The van der Waals surface area contributed by atoms with Crippen molar-refractivity contribution in [3.8, 4) is 11.3 Å². The van der Waals surface area contributed by atoms with Crippen molar-refractivity contribution in [1.29, 1.82) is 0 Å². The van der Waals surface area contributed by atoms with Gasteiger partial charge in [0.1, 0.15) is 11.5 Å². The summed E-state index contributed by atoms with van der Waals surface area (Å²) in [6.45, 7) is 2.12. The molecule has 2 rings (SSSR count). The van der Waals surface area contributed by atoms with Crippen LogP contribution in [0.5, 0.6) is 0 Å². The van der Waals surface area contributed by atoms with Crippen molar-refractivity contribution in [2.75, 3.05) is 14.1 Å². The smallest absolute Gasteiger partial charge is 0.149 e. The Morgan fingerprint density at radius 2 is 1.94 bits per heavy atom. The van der Waals surface area contributed by atoms with Gasteiger partial charge in [-0.1, -0.05) is 18.2 Å². The fourth-order valence-electron chi connectivity index (χ4n) is 1.84. The molecule has 0 saturated heterocycles. The van der Waals surface area contributed by atoms with Gasteiger partial charge >= 0.3 is 0 Å². The third-order valence-electron chi connectivity index (χ3n) is 3.18. The number of aromatic nitrogens is 1. The maximum atomic E-state index is 13.7. The Morgan fingerprint density at radius 3 is 2.61 bits per heavy atom. The summed E-state index contributed by atoms with van der Waals surface area (Å²) in [7, 11) is 4.05. The lowest BCUT2D eigenvalue weighted by molar-refractivity contribution is 0.321. The van der Waals surface area contributed by atoms with Gasteiger partial charge in [-0.25, -0.2) is 4.39 Å². The summed E-state index contributed by atoms with van der Waals surface area (Å²) in [5, 5.41) is 0. The molecule has 2 aromatic rings. The average molecular weight is 244 g/mol. The second-order valence-corrected chi connectivity index (χ2v) is 4.60. The van der Waals surface area contributed by atoms with Gasteiger partial charge in [-0.15, -0.1) is 0 Å². The molecule has 0 spiro atoms. The lowest BCUT2D eigenvalue weighted by Crippen LogP contribution is -2.16. The zero-order valence-electron chi connectivity index (χ0n) is 10.9. The predicted octanol–water partition coefficient (Wildman–Crippen LogP) is 3.51. The van der Waals surface area contributed by atoms with Crippen LogP contribution in [0.2, 0.25) is 0 Å². The van der Waals surface area contributed by atoms with Crippen molar-refractivity contribution in [1.82, 2.24) is 9.88 Å². The number of hydrogen-bond donors (Lipinski definition) is 0. The van der Waals surface area contributed by atoms with Crippen molar-refractivity contribution < 1.29 is 4.39 Å². The highest BCUT2D eigenvalue weighted by molar-refractivity contribution is 5.60. The Labute approximate surface area is 107 Å². The molecule has 94 valence electrons. The molecule has 1 unspecified atom stereocenters. The first-order chi connectivity index (χ1) is 8.59. The summed E-state index contributed by atoms with van der Waals surface area (Å²) < 4.78 is 13.7. The standard InChI is InChI=1S/C15H17FN2/c1-11(18(2)3)12-6-4-7-13(10-12)15-14(16)8-5-9-17-15/h4-11H,1-3H3. The Bertz CT molecular complexity index is 538. The van der Waals surface area contributed by atoms with Crippen LogP contribution in [0.25, 0.3) is 11.3 Å². The summed E-state index contributed by atoms with van der Waals surface area (Å²) in [5.74, 6) is -0.285. The van der Waals surface area contributed by atoms with E-state index in [0.29, 0.717) is 5.69 Å². The number of pyridine rings is 1. The Kier molecular flexibility index (Phi) is 3.72. The number of nitrogens with zero attached hydrogens (tertiary/aromatic N) is 2. The van der Waals surface area contributed by atoms with E-state index in [4.69, 9.17) is 0 Å². The highest BCUT2D eigenvalue weighted by Crippen LogP contribution is 2.25. The van der Waals surface area contributed by atoms with Crippen molar-refractivity contribution in [2.45, 2.75) is 13.0 Å². The van der Waals surface area contributed by atoms with Crippen LogP contribution < -0.4 is 0 Å². The fraction of sp³-hybridized carbons (Fsp3) is 0.267. The topological polar surface area (TPSA) is 16.1 Å². The normalized spacial score (nSPS) is 12.7. The molecule has 0 N–H and O–H groups in total. The number of benzene rings is 1. The number of rotatable bonds is 3. The molecule has 1 atom stereocenters. The van der Waals surface area contributed by atoms with Crippen LogP contribution in [0.3, 0.4) is 0 Å². The first kappa shape index (κ1) is 12.7. The monoisotopic (exact) mass is 244 g/mol. The third-order valence-corrected chi connectivity index (χ3v) is 3.18. The zero-order valence-corrected chi connectivity index (χ0v) is 10.9. The van der Waals surface area contributed by atoms with E-state index in [1.54, 1.807) is 12.3 Å². The number of hydrogen-bond acceptors (Lipinski definition) is 2. The van der Waals surface area contributed by atoms with E-state index in [0.717, 1.165) is 11.1 Å². The molecule has 0 aliphatic rings. The molecule has 0 bridgehead atoms. The van der Waals surface area contributed by atoms with Crippen LogP contribution in [0, 0.1) is 5.82 Å². The van der Waals surface area contributed by atoms with E-state index < -0.39 is 0 Å². The SMILES string of the molecule is CC(c1cccc(-c2ncccc2F)c1)N(C)C. The maximum absolute atomic E-state index is 13.7. The molecular formula is C15H17FN2. The fourth-order valence-corrected chi connectivity index (χ4v) is 1.84. The van der Waals surface area contributed by atoms with Crippen LogP contribution >= 0.6 is 0 Å². The third kappa shape index (κ3) is 2.57. The molecule has 3 heteroatoms. The van der Waals surface area contributed by atoms with Gasteiger partial charge in [0.25, 0.3) is 0 Å². The highest BCUT2D eigenvalue weighted by atomic mass is 19.1. The molecule has 1 aromatic carbocycles. The Morgan fingerprint density at radius 1 is 1.17 bits per heavy atom. The lowest BCUT2D eigenvalue weighted by atomic mass is 10.0. The summed E-state index contributed by atoms with van der Waals surface area (Å²) in [6.07, 6.45) is 1.61. The summed E-state index contributed by atoms with van der Waals surface area (Å²) >= 11 is 0. The van der Waals surface area contributed by atoms with E-state index in [9.17, 15) is 4.39 Å². The molecule has 18 heavy (non-hydrogen) atoms. The van der Waals surface area contributed by atoms with Crippen LogP contribution in [0.4, 0.5) is 4.39 Å². The van der Waals surface area contributed by atoms with Gasteiger partial charge in [-0.3, -0.25) is 4.98 Å². The molecule has 0 fully saturated rings. The van der Waals surface area contributed by atoms with Gasteiger partial charge in [-0.2, -0.15) is 0 Å². The van der Waals surface area contributed by atoms with Gasteiger partial charge in [0, 0.05) is 17.8 Å². The number of halogens is 1. The second kappa shape index (κ2) is 5.27. The summed E-state index contributed by atoms with van der Waals surface area (Å²) in [5.41, 5.74) is 2.38. The zero-order chi connectivity index (χ0) is 13.1. The van der Waals surface area contributed by atoms with Crippen LogP contribution in [-0.2, 0) is 0 Å². The molecule has 1 heterocycles. The van der Waals surface area contributed by atoms with E-state index in [-0.39, 0.29) is 11.9 Å². The molecule has 0 radical (unpaired) electrons. The first-order valence-corrected chi connectivity index (χ1v) is 5.97. The molecule has 0 aliphatic carbocycles. The van der Waals surface area contributed by atoms with Crippen molar-refractivity contribution in [2.24, 2.45) is 0 Å². The minimum Gasteiger partial charge on any atom is -0.303 e. The van der Waals surface area contributed by atoms with Crippen molar-refractivity contribution in [3.63, 3.8) is 0 Å². The summed E-state index contributed by atoms with van der Waals surface area (Å²) in [6, 6.07) is 11.2. The Balaban J connectivity index is 2.42. The van der Waals surface area contributed by atoms with Crippen LogP contribution in [0.15, 0.2) is 42.6 Å². The molecule has 0 amide bonds. The summed E-state index contributed by atoms with van der Waals surface area (Å²) in [4.78, 5) is 6.22. The van der Waals surface area contributed by atoms with Gasteiger partial charge in [0.15, 0.2) is 0 Å². The second-order valence-electron chi connectivity index (χ2n) is 4.60. The highest BCUT2D eigenvalue weighted by Gasteiger charge is 2.11. The van der Waals surface area contributed by atoms with Crippen LogP contribution in [-0.4, -0.2) is 24.0 Å². The predicted molar refractivity (Wildman–Crippen MR) is 71.7 cm³/mol. The van der Waals surface area contributed by atoms with Crippen LogP contribution in [0.1, 0.15) is 18.5 Å². The van der Waals surface area contributed by atoms with E-state index >= 15 is 0 Å². The van der Waals surface area contributed by atoms with Gasteiger partial charge in [0.05, 0.1) is 0 Å². The average Bonchev–Trinajstić information content (AvgIpc) is 2.38. The molecule has 2 nitrogen and oxygen atoms in total. The van der Waals surface area contributed by atoms with E-state index in [2.05, 4.69) is 22.9 Å². The minimum atomic E-state index is -0.285. The molecule has 0 saturated carbocycles. The van der Waals surface area contributed by atoms with Crippen molar-refractivity contribution in [3.05, 3.63) is 54.0 Å². The Hall–Kier alpha value is -1.74. The van der Waals surface area contributed by atoms with Gasteiger partial charge in [-0.05, 0) is 44.8 Å². The minimum absolute atomic E-state index is 0.285. The first-order valence-electron chi connectivity index (χ1n) is 5.97.